The van der Waals surface area contributed by atoms with Crippen LogP contribution in [0.1, 0.15) is 33.4 Å². The standard InChI is InChI=1S/C47H34N2/c48-35-42(37-30-32-45(33-31-37)49(43-22-12-4-13-23-43)44-24-14-5-15-25-44)34-36-26-28-41(29-27-36)47(40-20-10-3-11-21-40)46(38-16-6-1-7-17-38)39-18-8-2-9-19-39/h1-34H/b42-34+. The van der Waals surface area contributed by atoms with Crippen molar-refractivity contribution in [2.45, 2.75) is 0 Å². The maximum absolute atomic E-state index is 10.3. The minimum absolute atomic E-state index is 0.610. The fraction of sp³-hybridized carbons (Fsp3) is 0. The van der Waals surface area contributed by atoms with Gasteiger partial charge in [0.05, 0.1) is 11.6 Å². The van der Waals surface area contributed by atoms with Gasteiger partial charge in [-0.2, -0.15) is 5.26 Å². The van der Waals surface area contributed by atoms with Crippen molar-refractivity contribution in [1.29, 1.82) is 5.26 Å². The van der Waals surface area contributed by atoms with E-state index < -0.39 is 0 Å². The van der Waals surface area contributed by atoms with Gasteiger partial charge in [0.25, 0.3) is 0 Å². The first-order valence-corrected chi connectivity index (χ1v) is 16.4. The first-order valence-electron chi connectivity index (χ1n) is 16.4. The van der Waals surface area contributed by atoms with Crippen LogP contribution in [-0.2, 0) is 0 Å². The molecule has 0 atom stereocenters. The van der Waals surface area contributed by atoms with Gasteiger partial charge in [-0.05, 0) is 87.0 Å². The van der Waals surface area contributed by atoms with Gasteiger partial charge in [-0.25, -0.2) is 0 Å². The quantitative estimate of drug-likeness (QED) is 0.118. The molecule has 0 saturated heterocycles. The molecule has 2 heteroatoms. The summed E-state index contributed by atoms with van der Waals surface area (Å²) >= 11 is 0. The molecule has 0 N–H and O–H groups in total. The van der Waals surface area contributed by atoms with Crippen molar-refractivity contribution in [3.05, 3.63) is 234 Å². The summed E-state index contributed by atoms with van der Waals surface area (Å²) in [5.41, 5.74) is 12.5. The molecule has 0 aliphatic rings. The lowest BCUT2D eigenvalue weighted by molar-refractivity contribution is 1.28. The third kappa shape index (κ3) is 7.03. The van der Waals surface area contributed by atoms with Crippen molar-refractivity contribution in [3.8, 4) is 6.07 Å². The van der Waals surface area contributed by atoms with Gasteiger partial charge in [0, 0.05) is 17.1 Å². The monoisotopic (exact) mass is 626 g/mol. The van der Waals surface area contributed by atoms with E-state index in [0.29, 0.717) is 5.57 Å². The van der Waals surface area contributed by atoms with Gasteiger partial charge >= 0.3 is 0 Å². The zero-order valence-electron chi connectivity index (χ0n) is 27.0. The minimum atomic E-state index is 0.610. The first kappa shape index (κ1) is 30.9. The van der Waals surface area contributed by atoms with Gasteiger partial charge in [0.1, 0.15) is 0 Å². The molecule has 0 aliphatic heterocycles. The van der Waals surface area contributed by atoms with Gasteiger partial charge in [-0.15, -0.1) is 0 Å². The Morgan fingerprint density at radius 2 is 0.694 bits per heavy atom. The molecule has 232 valence electrons. The molecule has 0 aliphatic carbocycles. The van der Waals surface area contributed by atoms with Gasteiger partial charge < -0.3 is 4.90 Å². The SMILES string of the molecule is N#C/C(=C\c1ccc(C(=C(c2ccccc2)c2ccccc2)c2ccccc2)cc1)c1ccc(N(c2ccccc2)c2ccccc2)cc1. The van der Waals surface area contributed by atoms with Crippen LogP contribution in [0, 0.1) is 11.3 Å². The second kappa shape index (κ2) is 14.8. The normalized spacial score (nSPS) is 11.0. The van der Waals surface area contributed by atoms with E-state index in [9.17, 15) is 5.26 Å². The Labute approximate surface area is 288 Å². The topological polar surface area (TPSA) is 27.0 Å². The summed E-state index contributed by atoms with van der Waals surface area (Å²) in [6.07, 6.45) is 1.96. The highest BCUT2D eigenvalue weighted by atomic mass is 15.1. The summed E-state index contributed by atoms with van der Waals surface area (Å²) in [5.74, 6) is 0. The Hall–Kier alpha value is -6.69. The second-order valence-corrected chi connectivity index (χ2v) is 11.7. The highest BCUT2D eigenvalue weighted by molar-refractivity contribution is 6.04. The molecular formula is C47H34N2. The predicted molar refractivity (Wildman–Crippen MR) is 205 cm³/mol. The van der Waals surface area contributed by atoms with Crippen LogP contribution < -0.4 is 4.90 Å². The molecule has 2 nitrogen and oxygen atoms in total. The number of hydrogen-bond donors (Lipinski definition) is 0. The number of hydrogen-bond acceptors (Lipinski definition) is 2. The summed E-state index contributed by atoms with van der Waals surface area (Å²) in [6, 6.07) is 71.5. The molecule has 0 radical (unpaired) electrons. The predicted octanol–water partition coefficient (Wildman–Crippen LogP) is 12.2. The molecule has 0 aromatic heterocycles. The zero-order valence-corrected chi connectivity index (χ0v) is 27.0. The summed E-state index contributed by atoms with van der Waals surface area (Å²) in [4.78, 5) is 2.22. The minimum Gasteiger partial charge on any atom is -0.311 e. The molecule has 0 saturated carbocycles. The van der Waals surface area contributed by atoms with E-state index in [0.717, 1.165) is 56.0 Å². The molecule has 0 unspecified atom stereocenters. The van der Waals surface area contributed by atoms with Crippen molar-refractivity contribution in [2.24, 2.45) is 0 Å². The Bertz CT molecular complexity index is 2130. The van der Waals surface area contributed by atoms with Crippen LogP contribution in [0.15, 0.2) is 200 Å². The van der Waals surface area contributed by atoms with Crippen molar-refractivity contribution in [2.75, 3.05) is 4.90 Å². The molecule has 7 aromatic rings. The number of benzene rings is 7. The Kier molecular flexibility index (Phi) is 9.35. The van der Waals surface area contributed by atoms with Gasteiger partial charge in [0.15, 0.2) is 0 Å². The van der Waals surface area contributed by atoms with Crippen molar-refractivity contribution in [1.82, 2.24) is 0 Å². The van der Waals surface area contributed by atoms with E-state index in [1.54, 1.807) is 0 Å². The number of allylic oxidation sites excluding steroid dienone is 1. The lowest BCUT2D eigenvalue weighted by Gasteiger charge is -2.25. The van der Waals surface area contributed by atoms with E-state index in [-0.39, 0.29) is 0 Å². The Morgan fingerprint density at radius 1 is 0.367 bits per heavy atom. The van der Waals surface area contributed by atoms with Crippen LogP contribution in [-0.4, -0.2) is 0 Å². The van der Waals surface area contributed by atoms with Crippen molar-refractivity contribution in [3.63, 3.8) is 0 Å². The Morgan fingerprint density at radius 3 is 1.08 bits per heavy atom. The summed E-state index contributed by atoms with van der Waals surface area (Å²) in [6.45, 7) is 0. The molecule has 0 amide bonds. The van der Waals surface area contributed by atoms with Crippen molar-refractivity contribution >= 4 is 39.9 Å². The average Bonchev–Trinajstić information content (AvgIpc) is 3.19. The molecule has 49 heavy (non-hydrogen) atoms. The van der Waals surface area contributed by atoms with Crippen LogP contribution in [0.5, 0.6) is 0 Å². The lowest BCUT2D eigenvalue weighted by Crippen LogP contribution is -2.09. The number of para-hydroxylation sites is 2. The van der Waals surface area contributed by atoms with E-state index >= 15 is 0 Å². The average molecular weight is 627 g/mol. The van der Waals surface area contributed by atoms with Crippen LogP contribution in [0.2, 0.25) is 0 Å². The van der Waals surface area contributed by atoms with E-state index in [1.807, 2.05) is 54.6 Å². The zero-order chi connectivity index (χ0) is 33.3. The fourth-order valence-corrected chi connectivity index (χ4v) is 6.21. The third-order valence-electron chi connectivity index (χ3n) is 8.53. The number of anilines is 3. The molecule has 0 fully saturated rings. The highest BCUT2D eigenvalue weighted by Crippen LogP contribution is 2.38. The molecular weight excluding hydrogens is 593 g/mol. The van der Waals surface area contributed by atoms with Crippen LogP contribution in [0.25, 0.3) is 22.8 Å². The van der Waals surface area contributed by atoms with E-state index in [1.165, 1.54) is 5.57 Å². The maximum Gasteiger partial charge on any atom is 0.0998 e. The van der Waals surface area contributed by atoms with E-state index in [4.69, 9.17) is 0 Å². The lowest BCUT2D eigenvalue weighted by atomic mass is 9.85. The number of rotatable bonds is 9. The summed E-state index contributed by atoms with van der Waals surface area (Å²) in [5, 5.41) is 10.3. The molecule has 0 spiro atoms. The van der Waals surface area contributed by atoms with Gasteiger partial charge in [-0.1, -0.05) is 164 Å². The van der Waals surface area contributed by atoms with Gasteiger partial charge in [-0.3, -0.25) is 0 Å². The molecule has 0 heterocycles. The van der Waals surface area contributed by atoms with E-state index in [2.05, 4.69) is 163 Å². The largest absolute Gasteiger partial charge is 0.311 e. The fourth-order valence-electron chi connectivity index (χ4n) is 6.21. The molecule has 0 bridgehead atoms. The van der Waals surface area contributed by atoms with Crippen LogP contribution >= 0.6 is 0 Å². The maximum atomic E-state index is 10.3. The van der Waals surface area contributed by atoms with Crippen LogP contribution in [0.3, 0.4) is 0 Å². The Balaban J connectivity index is 1.25. The highest BCUT2D eigenvalue weighted by Gasteiger charge is 2.16. The molecule has 7 rings (SSSR count). The molecule has 7 aromatic carbocycles. The number of nitriles is 1. The third-order valence-corrected chi connectivity index (χ3v) is 8.53. The number of nitrogens with zero attached hydrogens (tertiary/aromatic N) is 2. The van der Waals surface area contributed by atoms with Crippen LogP contribution in [0.4, 0.5) is 17.1 Å². The summed E-state index contributed by atoms with van der Waals surface area (Å²) in [7, 11) is 0. The summed E-state index contributed by atoms with van der Waals surface area (Å²) < 4.78 is 0. The smallest absolute Gasteiger partial charge is 0.0998 e. The van der Waals surface area contributed by atoms with Gasteiger partial charge in [0.2, 0.25) is 0 Å². The van der Waals surface area contributed by atoms with Crippen molar-refractivity contribution < 1.29 is 0 Å². The second-order valence-electron chi connectivity index (χ2n) is 11.7. The first-order chi connectivity index (χ1) is 24.3.